The zero-order valence-electron chi connectivity index (χ0n) is 43.7. The number of nitrogens with one attached hydrogen (secondary N) is 1. The summed E-state index contributed by atoms with van der Waals surface area (Å²) in [6.45, 7) is 22.2. The van der Waals surface area contributed by atoms with E-state index < -0.39 is 98.0 Å². The summed E-state index contributed by atoms with van der Waals surface area (Å²) in [5.41, 5.74) is 5.15. The number of amides is 3. The third kappa shape index (κ3) is 16.9. The number of carbonyl (C=O) groups excluding carboxylic acids is 9. The maximum absolute atomic E-state index is 13.2. The minimum Gasteiger partial charge on any atom is -0.548 e. The molecular formula is C49H64N4Na2O15S2. The number of aliphatic carboxylic acids is 2. The van der Waals surface area contributed by atoms with Crippen LogP contribution in [0.25, 0.3) is 0 Å². The number of hydrogen-bond donors (Lipinski definition) is 2. The van der Waals surface area contributed by atoms with Crippen molar-refractivity contribution in [2.75, 3.05) is 0 Å². The molecule has 0 unspecified atom stereocenters. The van der Waals surface area contributed by atoms with E-state index in [0.29, 0.717) is 11.1 Å². The van der Waals surface area contributed by atoms with Gasteiger partial charge in [0.15, 0.2) is 11.6 Å². The van der Waals surface area contributed by atoms with Crippen LogP contribution in [-0.2, 0) is 47.7 Å². The van der Waals surface area contributed by atoms with Crippen LogP contribution in [0.5, 0.6) is 0 Å². The fourth-order valence-electron chi connectivity index (χ4n) is 8.07. The molecule has 384 valence electrons. The minimum atomic E-state index is -1.30. The molecule has 23 heteroatoms. The smallest absolute Gasteiger partial charge is 0.548 e. The van der Waals surface area contributed by atoms with Crippen LogP contribution in [0.2, 0.25) is 0 Å². The Morgan fingerprint density at radius 1 is 0.611 bits per heavy atom. The van der Waals surface area contributed by atoms with Crippen molar-refractivity contribution in [3.05, 3.63) is 71.8 Å². The van der Waals surface area contributed by atoms with Gasteiger partial charge in [-0.05, 0) is 101 Å². The topological polar surface area (TPSA) is 281 Å². The molecule has 4 saturated heterocycles. The van der Waals surface area contributed by atoms with Gasteiger partial charge in [0.2, 0.25) is 11.8 Å². The van der Waals surface area contributed by atoms with Crippen LogP contribution in [0, 0.1) is 11.8 Å². The van der Waals surface area contributed by atoms with E-state index in [1.807, 2.05) is 6.07 Å². The van der Waals surface area contributed by atoms with Crippen molar-refractivity contribution in [1.82, 2.24) is 15.1 Å². The zero-order chi connectivity index (χ0) is 53.1. The molecule has 3 N–H and O–H groups in total. The summed E-state index contributed by atoms with van der Waals surface area (Å²) in [6.07, 6.45) is -2.94. The number of ketones is 2. The van der Waals surface area contributed by atoms with E-state index in [2.05, 4.69) is 10.1 Å². The summed E-state index contributed by atoms with van der Waals surface area (Å²) in [4.78, 5) is 111. The number of β-lactam (4-membered cyclic amide) rings is 2. The summed E-state index contributed by atoms with van der Waals surface area (Å²) in [5.74, 6) is -4.95. The van der Waals surface area contributed by atoms with E-state index in [0.717, 1.165) is 0 Å². The third-order valence-corrected chi connectivity index (χ3v) is 14.2. The molecule has 4 heterocycles. The van der Waals surface area contributed by atoms with E-state index in [4.69, 9.17) is 19.9 Å². The molecule has 19 nitrogen and oxygen atoms in total. The number of Topliss-reactive ketones (excluding diaryl/α,β-unsaturated/α-hetero) is 2. The number of carboxylic acids is 2. The first kappa shape index (κ1) is 64.4. The Morgan fingerprint density at radius 2 is 0.958 bits per heavy atom. The molecule has 2 aromatic carbocycles. The van der Waals surface area contributed by atoms with Crippen LogP contribution in [0.3, 0.4) is 0 Å². The normalized spacial score (nSPS) is 23.0. The van der Waals surface area contributed by atoms with Crippen molar-refractivity contribution in [1.29, 1.82) is 0 Å². The first-order chi connectivity index (χ1) is 32.0. The second-order valence-electron chi connectivity index (χ2n) is 21.1. The fraction of sp³-hybridized carbons (Fsp3) is 0.571. The Morgan fingerprint density at radius 3 is 1.31 bits per heavy atom. The van der Waals surface area contributed by atoms with Gasteiger partial charge >= 0.3 is 77.5 Å². The van der Waals surface area contributed by atoms with Gasteiger partial charge in [-0.1, -0.05) is 60.7 Å². The van der Waals surface area contributed by atoms with Gasteiger partial charge in [-0.3, -0.25) is 19.2 Å². The summed E-state index contributed by atoms with van der Waals surface area (Å²) in [7, 11) is 0. The zero-order valence-corrected chi connectivity index (χ0v) is 49.4. The van der Waals surface area contributed by atoms with Crippen molar-refractivity contribution >= 4 is 77.2 Å². The Balaban J connectivity index is 0.000000387. The van der Waals surface area contributed by atoms with Crippen molar-refractivity contribution in [3.63, 3.8) is 0 Å². The molecule has 0 radical (unpaired) electrons. The van der Waals surface area contributed by atoms with Crippen LogP contribution in [-0.4, -0.2) is 113 Å². The number of rotatable bonds is 11. The van der Waals surface area contributed by atoms with Crippen LogP contribution in [0.4, 0.5) is 14.4 Å². The molecule has 0 aliphatic carbocycles. The summed E-state index contributed by atoms with van der Waals surface area (Å²) in [6, 6.07) is 14.0. The van der Waals surface area contributed by atoms with Crippen LogP contribution >= 0.6 is 23.5 Å². The van der Waals surface area contributed by atoms with Crippen LogP contribution in [0.15, 0.2) is 60.7 Å². The molecule has 2 aromatic rings. The molecular weight excluding hydrogens is 995 g/mol. The van der Waals surface area contributed by atoms with Crippen LogP contribution in [0.1, 0.15) is 126 Å². The van der Waals surface area contributed by atoms with Gasteiger partial charge in [0.05, 0.1) is 52.6 Å². The van der Waals surface area contributed by atoms with Gasteiger partial charge in [-0.15, -0.1) is 23.5 Å². The quantitative estimate of drug-likeness (QED) is 0.0860. The number of benzene rings is 2. The molecule has 0 aromatic heterocycles. The molecule has 0 saturated carbocycles. The van der Waals surface area contributed by atoms with Crippen molar-refractivity contribution < 1.29 is 131 Å². The fourth-order valence-corrected chi connectivity index (χ4v) is 11.4. The number of alkyl carbamates (subject to hydrolysis) is 1. The van der Waals surface area contributed by atoms with Gasteiger partial charge in [-0.25, -0.2) is 14.4 Å². The molecule has 6 rings (SSSR count). The van der Waals surface area contributed by atoms with Gasteiger partial charge in [0, 0.05) is 22.3 Å². The SMILES string of the molecule is CC(C)(C)OC(=O)N[C@@H](C(=O)C[C@@H]1C(=O)N2[C@@H]1SC(C)(C)[C@@H]2C(=O)[O-])c1ccccc1.CC(C)(C)OC(=O)OC(=O)OC(C)(C)C.CC1(C)S[C@@H]2[C@H](CC(=O)[C@H](N)c3ccccc3)C(=O)N2[C@H]1C(=O)[O-].[Na+].[Na+]. The number of thioether (sulfide) groups is 2. The van der Waals surface area contributed by atoms with Crippen molar-refractivity contribution in [2.45, 2.75) is 164 Å². The maximum atomic E-state index is 13.2. The van der Waals surface area contributed by atoms with Crippen molar-refractivity contribution in [3.8, 4) is 0 Å². The molecule has 4 aliphatic heterocycles. The monoisotopic (exact) mass is 1060 g/mol. The van der Waals surface area contributed by atoms with Gasteiger partial charge in [-0.2, -0.15) is 0 Å². The second kappa shape index (κ2) is 25.2. The Kier molecular flexibility index (Phi) is 22.6. The number of ether oxygens (including phenoxy) is 4. The van der Waals surface area contributed by atoms with Crippen molar-refractivity contribution in [2.24, 2.45) is 17.6 Å². The molecule has 72 heavy (non-hydrogen) atoms. The number of nitrogens with two attached hydrogens (primary N) is 1. The number of hydrogen-bond acceptors (Lipinski definition) is 18. The number of carboxylic acid groups (broad SMARTS) is 2. The first-order valence-electron chi connectivity index (χ1n) is 22.5. The summed E-state index contributed by atoms with van der Waals surface area (Å²) in [5, 5.41) is 24.8. The minimum absolute atomic E-state index is 0. The molecule has 8 atom stereocenters. The number of nitrogens with zero attached hydrogens (tertiary/aromatic N) is 2. The average Bonchev–Trinajstić information content (AvgIpc) is 3.63. The van der Waals surface area contributed by atoms with E-state index in [9.17, 15) is 53.4 Å². The van der Waals surface area contributed by atoms with Gasteiger partial charge < -0.3 is 59.6 Å². The molecule has 4 fully saturated rings. The third-order valence-electron chi connectivity index (χ3n) is 11.0. The van der Waals surface area contributed by atoms with E-state index in [1.165, 1.54) is 33.3 Å². The second-order valence-corrected chi connectivity index (χ2v) is 24.7. The van der Waals surface area contributed by atoms with Crippen LogP contribution < -0.4 is 80.4 Å². The largest absolute Gasteiger partial charge is 1.00 e. The average molecular weight is 1060 g/mol. The molecule has 0 spiro atoms. The molecule has 4 aliphatic rings. The molecule has 0 bridgehead atoms. The van der Waals surface area contributed by atoms with Gasteiger partial charge in [0.1, 0.15) is 22.8 Å². The predicted molar refractivity (Wildman–Crippen MR) is 254 cm³/mol. The predicted octanol–water partition coefficient (Wildman–Crippen LogP) is -1.40. The van der Waals surface area contributed by atoms with E-state index in [-0.39, 0.29) is 101 Å². The maximum Gasteiger partial charge on any atom is 1.00 e. The van der Waals surface area contributed by atoms with E-state index in [1.54, 1.807) is 145 Å². The Labute approximate surface area is 473 Å². The number of fused-ring (bicyclic) bond motifs is 2. The van der Waals surface area contributed by atoms with E-state index >= 15 is 0 Å². The Bertz CT molecular complexity index is 2290. The Hall–Kier alpha value is -3.67. The molecule has 3 amide bonds. The summed E-state index contributed by atoms with van der Waals surface area (Å²) >= 11 is 2.76. The first-order valence-corrected chi connectivity index (χ1v) is 24.3. The van der Waals surface area contributed by atoms with Gasteiger partial charge in [0.25, 0.3) is 0 Å². The standard InChI is InChI=1S/C22H28N2O6S.C17H20N2O4S.C10H18O5.2Na/c1-21(2,3)30-20(29)23-15(12-9-7-6-8-10-12)14(25)11-13-17(26)24-16(19(27)28)22(4,5)31-18(13)24;1-17(2)13(16(22)23)19-14(21)10(15(19)24-17)8-11(20)12(18)9-6-4-3-5-7-9;1-9(2,3)14-7(11)13-8(12)15-10(4,5)6;;/h6-10,13,15-16,18H,11H2,1-5H3,(H,23,29)(H,27,28);3-7,10,12-13,15H,8,18H2,1-2H3,(H,22,23);1-6H3;;/q;;;2*+1/p-2/t13-,15-,16+,18-;10-,12-,13+,15-;;;/m11.../s1. The number of carbonyl (C=O) groups is 9. The summed E-state index contributed by atoms with van der Waals surface area (Å²) < 4.78 is 17.7.